The summed E-state index contributed by atoms with van der Waals surface area (Å²) >= 11 is 5.79. The fraction of sp³-hybridized carbons (Fsp3) is 0.0833. The third-order valence-electron chi connectivity index (χ3n) is 2.39. The van der Waals surface area contributed by atoms with Crippen molar-refractivity contribution in [2.45, 2.75) is 11.8 Å². The summed E-state index contributed by atoms with van der Waals surface area (Å²) in [6, 6.07) is 9.31. The number of nitrogens with one attached hydrogen (secondary N) is 1. The van der Waals surface area contributed by atoms with Gasteiger partial charge in [-0.25, -0.2) is 13.4 Å². The normalized spacial score (nSPS) is 11.3. The van der Waals surface area contributed by atoms with Crippen LogP contribution in [0.5, 0.6) is 0 Å². The van der Waals surface area contributed by atoms with Gasteiger partial charge in [0.25, 0.3) is 10.0 Å². The standard InChI is InChI=1S/C12H12ClN3O2S/c1-8-3-2-4-12(15-8)16-19(17,18)11-7-9(13)5-6-10(11)14/h2-7H,14H2,1H3,(H,15,16). The van der Waals surface area contributed by atoms with E-state index in [0.717, 1.165) is 0 Å². The zero-order chi connectivity index (χ0) is 14.0. The van der Waals surface area contributed by atoms with Gasteiger partial charge in [0.2, 0.25) is 0 Å². The maximum atomic E-state index is 12.2. The number of nitrogens with two attached hydrogens (primary N) is 1. The molecule has 0 aliphatic heterocycles. The molecule has 0 spiro atoms. The lowest BCUT2D eigenvalue weighted by Gasteiger charge is -2.10. The number of aryl methyl sites for hydroxylation is 1. The van der Waals surface area contributed by atoms with E-state index in [2.05, 4.69) is 9.71 Å². The van der Waals surface area contributed by atoms with Crippen molar-refractivity contribution in [3.05, 3.63) is 47.1 Å². The molecule has 19 heavy (non-hydrogen) atoms. The number of benzene rings is 1. The second-order valence-electron chi connectivity index (χ2n) is 3.95. The highest BCUT2D eigenvalue weighted by molar-refractivity contribution is 7.92. The van der Waals surface area contributed by atoms with Crippen LogP contribution in [0.4, 0.5) is 11.5 Å². The van der Waals surface area contributed by atoms with Crippen molar-refractivity contribution in [2.75, 3.05) is 10.5 Å². The van der Waals surface area contributed by atoms with Gasteiger partial charge >= 0.3 is 0 Å². The molecule has 0 aliphatic rings. The first-order valence-corrected chi connectivity index (χ1v) is 7.26. The molecule has 0 radical (unpaired) electrons. The predicted octanol–water partition coefficient (Wildman–Crippen LogP) is 2.43. The zero-order valence-corrected chi connectivity index (χ0v) is 11.7. The van der Waals surface area contributed by atoms with E-state index in [1.165, 1.54) is 18.2 Å². The Hall–Kier alpha value is -1.79. The lowest BCUT2D eigenvalue weighted by atomic mass is 10.3. The maximum absolute atomic E-state index is 12.2. The number of rotatable bonds is 3. The molecule has 0 amide bonds. The summed E-state index contributed by atoms with van der Waals surface area (Å²) < 4.78 is 26.8. The Morgan fingerprint density at radius 2 is 2.00 bits per heavy atom. The van der Waals surface area contributed by atoms with Crippen LogP contribution in [0.3, 0.4) is 0 Å². The molecule has 1 heterocycles. The minimum atomic E-state index is -3.81. The van der Waals surface area contributed by atoms with E-state index in [9.17, 15) is 8.42 Å². The highest BCUT2D eigenvalue weighted by atomic mass is 35.5. The molecule has 2 aromatic rings. The van der Waals surface area contributed by atoms with Crippen LogP contribution < -0.4 is 10.5 Å². The lowest BCUT2D eigenvalue weighted by molar-refractivity contribution is 0.601. The molecule has 1 aromatic carbocycles. The van der Waals surface area contributed by atoms with Crippen LogP contribution in [-0.2, 0) is 10.0 Å². The Kier molecular flexibility index (Phi) is 3.64. The van der Waals surface area contributed by atoms with Gasteiger partial charge in [0.15, 0.2) is 0 Å². The molecule has 3 N–H and O–H groups in total. The SMILES string of the molecule is Cc1cccc(NS(=O)(=O)c2cc(Cl)ccc2N)n1. The van der Waals surface area contributed by atoms with Crippen molar-refractivity contribution in [2.24, 2.45) is 0 Å². The Morgan fingerprint density at radius 1 is 1.26 bits per heavy atom. The molecule has 100 valence electrons. The van der Waals surface area contributed by atoms with Crippen molar-refractivity contribution in [1.82, 2.24) is 4.98 Å². The maximum Gasteiger partial charge on any atom is 0.265 e. The van der Waals surface area contributed by atoms with Crippen LogP contribution >= 0.6 is 11.6 Å². The fourth-order valence-electron chi connectivity index (χ4n) is 1.53. The van der Waals surface area contributed by atoms with Crippen LogP contribution in [0.25, 0.3) is 0 Å². The van der Waals surface area contributed by atoms with Gasteiger partial charge in [0, 0.05) is 10.7 Å². The predicted molar refractivity (Wildman–Crippen MR) is 75.6 cm³/mol. The number of aromatic nitrogens is 1. The molecule has 7 heteroatoms. The monoisotopic (exact) mass is 297 g/mol. The van der Waals surface area contributed by atoms with Crippen molar-refractivity contribution in [1.29, 1.82) is 0 Å². The van der Waals surface area contributed by atoms with E-state index in [0.29, 0.717) is 10.7 Å². The first-order valence-electron chi connectivity index (χ1n) is 5.40. The van der Waals surface area contributed by atoms with E-state index in [1.54, 1.807) is 25.1 Å². The second-order valence-corrected chi connectivity index (χ2v) is 6.04. The van der Waals surface area contributed by atoms with E-state index >= 15 is 0 Å². The van der Waals surface area contributed by atoms with Gasteiger partial charge in [-0.3, -0.25) is 4.72 Å². The molecule has 0 unspecified atom stereocenters. The third-order valence-corrected chi connectivity index (χ3v) is 4.04. The number of sulfonamides is 1. The number of hydrogen-bond acceptors (Lipinski definition) is 4. The molecule has 0 atom stereocenters. The third kappa shape index (κ3) is 3.15. The average Bonchev–Trinajstić information content (AvgIpc) is 2.31. The van der Waals surface area contributed by atoms with Crippen LogP contribution in [0, 0.1) is 6.92 Å². The van der Waals surface area contributed by atoms with Gasteiger partial charge in [-0.1, -0.05) is 17.7 Å². The first kappa shape index (κ1) is 13.6. The van der Waals surface area contributed by atoms with Gasteiger partial charge in [-0.15, -0.1) is 0 Å². The highest BCUT2D eigenvalue weighted by Gasteiger charge is 2.18. The summed E-state index contributed by atoms with van der Waals surface area (Å²) in [4.78, 5) is 4.01. The number of nitrogen functional groups attached to an aromatic ring is 1. The molecular weight excluding hydrogens is 286 g/mol. The number of nitrogens with zero attached hydrogens (tertiary/aromatic N) is 1. The zero-order valence-electron chi connectivity index (χ0n) is 10.1. The number of hydrogen-bond donors (Lipinski definition) is 2. The van der Waals surface area contributed by atoms with Crippen LogP contribution in [-0.4, -0.2) is 13.4 Å². The van der Waals surface area contributed by atoms with Crippen molar-refractivity contribution in [3.63, 3.8) is 0 Å². The Morgan fingerprint density at radius 3 is 2.68 bits per heavy atom. The summed E-state index contributed by atoms with van der Waals surface area (Å²) in [7, 11) is -3.81. The number of pyridine rings is 1. The molecule has 0 saturated carbocycles. The highest BCUT2D eigenvalue weighted by Crippen LogP contribution is 2.24. The minimum absolute atomic E-state index is 0.0664. The van der Waals surface area contributed by atoms with Crippen LogP contribution in [0.2, 0.25) is 5.02 Å². The summed E-state index contributed by atoms with van der Waals surface area (Å²) in [5, 5.41) is 0.298. The quantitative estimate of drug-likeness (QED) is 0.852. The number of anilines is 2. The van der Waals surface area contributed by atoms with Crippen molar-refractivity contribution in [3.8, 4) is 0 Å². The van der Waals surface area contributed by atoms with E-state index < -0.39 is 10.0 Å². The Bertz CT molecular complexity index is 717. The molecule has 0 saturated heterocycles. The largest absolute Gasteiger partial charge is 0.398 e. The number of halogens is 1. The van der Waals surface area contributed by atoms with E-state index in [4.69, 9.17) is 17.3 Å². The molecular formula is C12H12ClN3O2S. The summed E-state index contributed by atoms with van der Waals surface area (Å²) in [6.45, 7) is 1.77. The molecule has 2 rings (SSSR count). The van der Waals surface area contributed by atoms with Gasteiger partial charge in [-0.2, -0.15) is 0 Å². The van der Waals surface area contributed by atoms with Crippen molar-refractivity contribution >= 4 is 33.1 Å². The van der Waals surface area contributed by atoms with Gasteiger partial charge in [0.1, 0.15) is 10.7 Å². The Balaban J connectivity index is 2.40. The second kappa shape index (κ2) is 5.07. The van der Waals surface area contributed by atoms with Gasteiger partial charge in [-0.05, 0) is 37.3 Å². The van der Waals surface area contributed by atoms with E-state index in [1.807, 2.05) is 0 Å². The Labute approximate surface area is 116 Å². The van der Waals surface area contributed by atoms with Gasteiger partial charge < -0.3 is 5.73 Å². The fourth-order valence-corrected chi connectivity index (χ4v) is 2.93. The topological polar surface area (TPSA) is 85.1 Å². The first-order chi connectivity index (χ1) is 8.88. The smallest absolute Gasteiger partial charge is 0.265 e. The minimum Gasteiger partial charge on any atom is -0.398 e. The molecule has 0 fully saturated rings. The molecule has 0 bridgehead atoms. The van der Waals surface area contributed by atoms with E-state index in [-0.39, 0.29) is 16.4 Å². The summed E-state index contributed by atoms with van der Waals surface area (Å²) in [5.41, 5.74) is 6.50. The molecule has 5 nitrogen and oxygen atoms in total. The van der Waals surface area contributed by atoms with Crippen molar-refractivity contribution < 1.29 is 8.42 Å². The van der Waals surface area contributed by atoms with Crippen LogP contribution in [0.15, 0.2) is 41.3 Å². The van der Waals surface area contributed by atoms with Gasteiger partial charge in [0.05, 0.1) is 5.69 Å². The van der Waals surface area contributed by atoms with Crippen LogP contribution in [0.1, 0.15) is 5.69 Å². The lowest BCUT2D eigenvalue weighted by Crippen LogP contribution is -2.15. The summed E-state index contributed by atoms with van der Waals surface area (Å²) in [5.74, 6) is 0.236. The molecule has 0 aliphatic carbocycles. The summed E-state index contributed by atoms with van der Waals surface area (Å²) in [6.07, 6.45) is 0. The molecule has 1 aromatic heterocycles. The average molecular weight is 298 g/mol.